The van der Waals surface area contributed by atoms with Crippen molar-refractivity contribution in [2.45, 2.75) is 6.10 Å². The molecule has 0 amide bonds. The van der Waals surface area contributed by atoms with Crippen molar-refractivity contribution in [3.8, 4) is 11.5 Å². The van der Waals surface area contributed by atoms with Crippen LogP contribution in [0, 0.1) is 0 Å². The van der Waals surface area contributed by atoms with Crippen molar-refractivity contribution in [2.24, 2.45) is 0 Å². The predicted molar refractivity (Wildman–Crippen MR) is 78.6 cm³/mol. The molecule has 2 aromatic rings. The number of ether oxygens (including phenoxy) is 3. The zero-order chi connectivity index (χ0) is 13.9. The quantitative estimate of drug-likeness (QED) is 0.933. The van der Waals surface area contributed by atoms with Gasteiger partial charge in [-0.3, -0.25) is 0 Å². The Morgan fingerprint density at radius 1 is 1.15 bits per heavy atom. The zero-order valence-corrected chi connectivity index (χ0v) is 11.8. The van der Waals surface area contributed by atoms with Crippen molar-refractivity contribution >= 4 is 10.8 Å². The van der Waals surface area contributed by atoms with Crippen LogP contribution in [-0.4, -0.2) is 33.9 Å². The fraction of sp³-hybridized carbons (Fsp3) is 0.375. The highest BCUT2D eigenvalue weighted by molar-refractivity contribution is 5.94. The zero-order valence-electron chi connectivity index (χ0n) is 11.8. The lowest BCUT2D eigenvalue weighted by Gasteiger charge is -2.26. The predicted octanol–water partition coefficient (Wildman–Crippen LogP) is 2.52. The molecule has 0 saturated carbocycles. The van der Waals surface area contributed by atoms with Gasteiger partial charge in [0.1, 0.15) is 11.5 Å². The molecule has 1 unspecified atom stereocenters. The molecule has 1 fully saturated rings. The first kappa shape index (κ1) is 13.2. The van der Waals surface area contributed by atoms with Gasteiger partial charge >= 0.3 is 0 Å². The second-order valence-corrected chi connectivity index (χ2v) is 4.81. The molecule has 2 aromatic carbocycles. The van der Waals surface area contributed by atoms with Crippen LogP contribution in [0.3, 0.4) is 0 Å². The van der Waals surface area contributed by atoms with Gasteiger partial charge in [-0.1, -0.05) is 24.3 Å². The van der Waals surface area contributed by atoms with Crippen molar-refractivity contribution in [3.63, 3.8) is 0 Å². The van der Waals surface area contributed by atoms with Gasteiger partial charge in [0, 0.05) is 29.4 Å². The Hall–Kier alpha value is -1.78. The lowest BCUT2D eigenvalue weighted by atomic mass is 10.00. The monoisotopic (exact) mass is 273 g/mol. The lowest BCUT2D eigenvalue weighted by molar-refractivity contribution is 0.0263. The summed E-state index contributed by atoms with van der Waals surface area (Å²) in [6, 6.07) is 10.1. The largest absolute Gasteiger partial charge is 0.496 e. The Balaban J connectivity index is 2.19. The molecule has 1 aliphatic heterocycles. The summed E-state index contributed by atoms with van der Waals surface area (Å²) in [6.07, 6.45) is -0.00259. The third-order valence-corrected chi connectivity index (χ3v) is 3.68. The Kier molecular flexibility index (Phi) is 3.76. The van der Waals surface area contributed by atoms with Gasteiger partial charge in [-0.2, -0.15) is 0 Å². The number of morpholine rings is 1. The number of rotatable bonds is 3. The van der Waals surface area contributed by atoms with E-state index in [1.165, 1.54) is 0 Å². The lowest BCUT2D eigenvalue weighted by Crippen LogP contribution is -2.33. The normalized spacial score (nSPS) is 19.0. The number of fused-ring (bicyclic) bond motifs is 1. The molecule has 4 heteroatoms. The third kappa shape index (κ3) is 2.21. The number of hydrogen-bond donors (Lipinski definition) is 1. The Bertz CT molecular complexity index is 606. The molecular weight excluding hydrogens is 254 g/mol. The van der Waals surface area contributed by atoms with Gasteiger partial charge < -0.3 is 19.5 Å². The van der Waals surface area contributed by atoms with E-state index in [9.17, 15) is 0 Å². The summed E-state index contributed by atoms with van der Waals surface area (Å²) in [5.41, 5.74) is 1.04. The van der Waals surface area contributed by atoms with Crippen molar-refractivity contribution in [2.75, 3.05) is 33.9 Å². The van der Waals surface area contributed by atoms with Gasteiger partial charge in [-0.15, -0.1) is 0 Å². The van der Waals surface area contributed by atoms with Crippen LogP contribution in [0.25, 0.3) is 10.8 Å². The van der Waals surface area contributed by atoms with E-state index in [4.69, 9.17) is 14.2 Å². The molecule has 106 valence electrons. The maximum atomic E-state index is 5.86. The summed E-state index contributed by atoms with van der Waals surface area (Å²) in [7, 11) is 3.39. The van der Waals surface area contributed by atoms with Crippen LogP contribution >= 0.6 is 0 Å². The molecular formula is C16H19NO3. The highest BCUT2D eigenvalue weighted by Gasteiger charge is 2.23. The van der Waals surface area contributed by atoms with Crippen LogP contribution in [0.15, 0.2) is 30.3 Å². The summed E-state index contributed by atoms with van der Waals surface area (Å²) in [4.78, 5) is 0. The Labute approximate surface area is 118 Å². The van der Waals surface area contributed by atoms with Crippen molar-refractivity contribution in [1.29, 1.82) is 0 Å². The van der Waals surface area contributed by atoms with E-state index in [-0.39, 0.29) is 6.10 Å². The fourth-order valence-corrected chi connectivity index (χ4v) is 2.74. The van der Waals surface area contributed by atoms with Gasteiger partial charge in [0.15, 0.2) is 0 Å². The van der Waals surface area contributed by atoms with Crippen LogP contribution in [0.2, 0.25) is 0 Å². The van der Waals surface area contributed by atoms with Gasteiger partial charge in [0.25, 0.3) is 0 Å². The van der Waals surface area contributed by atoms with E-state index >= 15 is 0 Å². The van der Waals surface area contributed by atoms with Gasteiger partial charge in [0.05, 0.1) is 26.9 Å². The SMILES string of the molecule is COc1cc(C2CNCCO2)c(OC)c2ccccc12. The second-order valence-electron chi connectivity index (χ2n) is 4.81. The molecule has 1 aliphatic rings. The van der Waals surface area contributed by atoms with Gasteiger partial charge in [0.2, 0.25) is 0 Å². The van der Waals surface area contributed by atoms with Crippen LogP contribution in [0.5, 0.6) is 11.5 Å². The van der Waals surface area contributed by atoms with Crippen LogP contribution < -0.4 is 14.8 Å². The van der Waals surface area contributed by atoms with E-state index < -0.39 is 0 Å². The van der Waals surface area contributed by atoms with Crippen LogP contribution in [0.1, 0.15) is 11.7 Å². The summed E-state index contributed by atoms with van der Waals surface area (Å²) in [6.45, 7) is 2.39. The second kappa shape index (κ2) is 5.69. The molecule has 0 aliphatic carbocycles. The number of methoxy groups -OCH3 is 2. The van der Waals surface area contributed by atoms with E-state index in [1.54, 1.807) is 14.2 Å². The molecule has 1 heterocycles. The van der Waals surface area contributed by atoms with Crippen LogP contribution in [-0.2, 0) is 4.74 Å². The third-order valence-electron chi connectivity index (χ3n) is 3.68. The highest BCUT2D eigenvalue weighted by atomic mass is 16.5. The molecule has 1 atom stereocenters. The van der Waals surface area contributed by atoms with Crippen molar-refractivity contribution in [3.05, 3.63) is 35.9 Å². The molecule has 1 N–H and O–H groups in total. The summed E-state index contributed by atoms with van der Waals surface area (Å²) >= 11 is 0. The topological polar surface area (TPSA) is 39.7 Å². The minimum atomic E-state index is -0.00259. The smallest absolute Gasteiger partial charge is 0.132 e. The molecule has 0 bridgehead atoms. The molecule has 0 radical (unpaired) electrons. The first-order chi connectivity index (χ1) is 9.85. The maximum Gasteiger partial charge on any atom is 0.132 e. The molecule has 0 aromatic heterocycles. The molecule has 20 heavy (non-hydrogen) atoms. The number of benzene rings is 2. The van der Waals surface area contributed by atoms with Crippen LogP contribution in [0.4, 0.5) is 0 Å². The Morgan fingerprint density at radius 3 is 2.60 bits per heavy atom. The molecule has 4 nitrogen and oxygen atoms in total. The summed E-state index contributed by atoms with van der Waals surface area (Å²) in [5.74, 6) is 1.72. The van der Waals surface area contributed by atoms with Crippen molar-refractivity contribution < 1.29 is 14.2 Å². The van der Waals surface area contributed by atoms with E-state index in [0.717, 1.165) is 40.9 Å². The first-order valence-electron chi connectivity index (χ1n) is 6.81. The average molecular weight is 273 g/mol. The fourth-order valence-electron chi connectivity index (χ4n) is 2.74. The van der Waals surface area contributed by atoms with Gasteiger partial charge in [-0.25, -0.2) is 0 Å². The Morgan fingerprint density at radius 2 is 1.95 bits per heavy atom. The molecule has 0 spiro atoms. The average Bonchev–Trinajstić information content (AvgIpc) is 2.54. The van der Waals surface area contributed by atoms with E-state index in [1.807, 2.05) is 24.3 Å². The maximum absolute atomic E-state index is 5.86. The minimum Gasteiger partial charge on any atom is -0.496 e. The molecule has 3 rings (SSSR count). The molecule has 1 saturated heterocycles. The van der Waals surface area contributed by atoms with E-state index in [0.29, 0.717) is 6.61 Å². The highest BCUT2D eigenvalue weighted by Crippen LogP contribution is 2.40. The van der Waals surface area contributed by atoms with E-state index in [2.05, 4.69) is 11.4 Å². The van der Waals surface area contributed by atoms with Gasteiger partial charge in [-0.05, 0) is 6.07 Å². The minimum absolute atomic E-state index is 0.00259. The standard InChI is InChI=1S/C16H19NO3/c1-18-14-9-13(15-10-17-7-8-20-15)16(19-2)12-6-4-3-5-11(12)14/h3-6,9,15,17H,7-8,10H2,1-2H3. The number of nitrogens with one attached hydrogen (secondary N) is 1. The summed E-state index contributed by atoms with van der Waals surface area (Å²) in [5, 5.41) is 5.46. The van der Waals surface area contributed by atoms with Crippen molar-refractivity contribution in [1.82, 2.24) is 5.32 Å². The summed E-state index contributed by atoms with van der Waals surface area (Å²) < 4.78 is 17.0. The first-order valence-corrected chi connectivity index (χ1v) is 6.81. The number of hydrogen-bond acceptors (Lipinski definition) is 4.